The van der Waals surface area contributed by atoms with Crippen LogP contribution >= 0.6 is 0 Å². The zero-order chi connectivity index (χ0) is 31.1. The summed E-state index contributed by atoms with van der Waals surface area (Å²) in [6.07, 6.45) is 2.95. The molecule has 1 atom stereocenters. The molecule has 4 aromatic rings. The van der Waals surface area contributed by atoms with Gasteiger partial charge in [-0.3, -0.25) is 24.2 Å². The molecular formula is C33H34FN5O4. The highest BCUT2D eigenvalue weighted by molar-refractivity contribution is 6.08. The molecule has 0 saturated heterocycles. The molecule has 0 aliphatic rings. The molecule has 2 heterocycles. The molecule has 10 heteroatoms. The fraction of sp³-hybridized carbons (Fsp3) is 0.242. The molecule has 0 aliphatic heterocycles. The average Bonchev–Trinajstić information content (AvgIpc) is 3.01. The number of hydrogen-bond donors (Lipinski definition) is 3. The van der Waals surface area contributed by atoms with Crippen LogP contribution in [0.25, 0.3) is 11.3 Å². The molecule has 1 unspecified atom stereocenters. The Morgan fingerprint density at radius 3 is 2.35 bits per heavy atom. The molecule has 0 fully saturated rings. The smallest absolute Gasteiger partial charge is 0.275 e. The SMILES string of the molecule is CNC(C)C(=O)Nc1ccc(-c2cccc(C(=O)NCC(C)C)c2)n(Cc2cncc(C(=O)c3ccc(F)cc3)c2)c1=O. The largest absolute Gasteiger partial charge is 0.352 e. The zero-order valence-corrected chi connectivity index (χ0v) is 24.5. The molecule has 0 saturated carbocycles. The number of nitrogens with one attached hydrogen (secondary N) is 3. The molecule has 2 amide bonds. The van der Waals surface area contributed by atoms with Gasteiger partial charge in [-0.15, -0.1) is 0 Å². The van der Waals surface area contributed by atoms with E-state index < -0.39 is 17.4 Å². The summed E-state index contributed by atoms with van der Waals surface area (Å²) in [4.78, 5) is 56.5. The normalized spacial score (nSPS) is 11.7. The summed E-state index contributed by atoms with van der Waals surface area (Å²) >= 11 is 0. The van der Waals surface area contributed by atoms with Gasteiger partial charge in [-0.25, -0.2) is 4.39 Å². The lowest BCUT2D eigenvalue weighted by atomic mass is 10.0. The van der Waals surface area contributed by atoms with Gasteiger partial charge in [-0.05, 0) is 85.6 Å². The number of carbonyl (C=O) groups is 3. The predicted octanol–water partition coefficient (Wildman–Crippen LogP) is 4.26. The molecule has 4 rings (SSSR count). The summed E-state index contributed by atoms with van der Waals surface area (Å²) in [6, 6.07) is 16.5. The van der Waals surface area contributed by atoms with Crippen molar-refractivity contribution in [1.29, 1.82) is 0 Å². The molecule has 2 aromatic heterocycles. The minimum absolute atomic E-state index is 0.0147. The number of carbonyl (C=O) groups excluding carboxylic acids is 3. The van der Waals surface area contributed by atoms with Crippen LogP contribution in [0.1, 0.15) is 52.6 Å². The topological polar surface area (TPSA) is 122 Å². The maximum absolute atomic E-state index is 13.8. The third-order valence-corrected chi connectivity index (χ3v) is 6.85. The summed E-state index contributed by atoms with van der Waals surface area (Å²) in [5.41, 5.74) is 2.28. The molecule has 2 aromatic carbocycles. The van der Waals surface area contributed by atoms with E-state index in [1.54, 1.807) is 56.6 Å². The Hall–Kier alpha value is -4.96. The fourth-order valence-electron chi connectivity index (χ4n) is 4.32. The van der Waals surface area contributed by atoms with Gasteiger partial charge in [0.1, 0.15) is 11.5 Å². The van der Waals surface area contributed by atoms with Crippen LogP contribution in [-0.4, -0.2) is 46.8 Å². The molecule has 9 nitrogen and oxygen atoms in total. The Balaban J connectivity index is 1.75. The highest BCUT2D eigenvalue weighted by Gasteiger charge is 2.18. The van der Waals surface area contributed by atoms with Gasteiger partial charge in [0.05, 0.1) is 18.3 Å². The van der Waals surface area contributed by atoms with E-state index in [2.05, 4.69) is 20.9 Å². The van der Waals surface area contributed by atoms with Crippen LogP contribution in [0.5, 0.6) is 0 Å². The van der Waals surface area contributed by atoms with Crippen LogP contribution in [-0.2, 0) is 11.3 Å². The molecule has 0 radical (unpaired) electrons. The quantitative estimate of drug-likeness (QED) is 0.227. The van der Waals surface area contributed by atoms with Gasteiger partial charge in [0.2, 0.25) is 5.91 Å². The Bertz CT molecular complexity index is 1700. The third kappa shape index (κ3) is 7.66. The van der Waals surface area contributed by atoms with Crippen LogP contribution in [0.4, 0.5) is 10.1 Å². The minimum Gasteiger partial charge on any atom is -0.352 e. The molecule has 3 N–H and O–H groups in total. The van der Waals surface area contributed by atoms with Crippen molar-refractivity contribution >= 4 is 23.3 Å². The summed E-state index contributed by atoms with van der Waals surface area (Å²) in [6.45, 7) is 6.22. The molecule has 0 bridgehead atoms. The van der Waals surface area contributed by atoms with Crippen LogP contribution in [0.15, 0.2) is 83.9 Å². The fourth-order valence-corrected chi connectivity index (χ4v) is 4.32. The number of rotatable bonds is 11. The highest BCUT2D eigenvalue weighted by atomic mass is 19.1. The number of halogens is 1. The lowest BCUT2D eigenvalue weighted by Gasteiger charge is -2.17. The van der Waals surface area contributed by atoms with Gasteiger partial charge in [0.15, 0.2) is 5.78 Å². The molecule has 222 valence electrons. The molecule has 43 heavy (non-hydrogen) atoms. The average molecular weight is 584 g/mol. The standard InChI is InChI=1S/C33H34FN5O4/c1-20(2)16-37-32(42)25-7-5-6-24(15-25)29-13-12-28(38-31(41)21(3)35-4)33(43)39(29)19-22-14-26(18-36-17-22)30(40)23-8-10-27(34)11-9-23/h5-15,17-18,20-21,35H,16,19H2,1-4H3,(H,37,42)(H,38,41). The number of pyridine rings is 2. The van der Waals surface area contributed by atoms with Crippen molar-refractivity contribution in [2.24, 2.45) is 5.92 Å². The first kappa shape index (κ1) is 31.0. The van der Waals surface area contributed by atoms with Crippen molar-refractivity contribution in [3.63, 3.8) is 0 Å². The maximum Gasteiger partial charge on any atom is 0.275 e. The van der Waals surface area contributed by atoms with E-state index >= 15 is 0 Å². The molecule has 0 aliphatic carbocycles. The number of nitrogens with zero attached hydrogens (tertiary/aromatic N) is 2. The zero-order valence-electron chi connectivity index (χ0n) is 24.5. The van der Waals surface area contributed by atoms with E-state index in [-0.39, 0.29) is 41.3 Å². The Labute approximate surface area is 249 Å². The molecule has 0 spiro atoms. The Kier molecular flexibility index (Phi) is 9.95. The molecular weight excluding hydrogens is 549 g/mol. The lowest BCUT2D eigenvalue weighted by molar-refractivity contribution is -0.117. The second-order valence-electron chi connectivity index (χ2n) is 10.6. The number of anilines is 1. The van der Waals surface area contributed by atoms with Crippen molar-refractivity contribution in [2.45, 2.75) is 33.4 Å². The van der Waals surface area contributed by atoms with Crippen LogP contribution in [0.3, 0.4) is 0 Å². The van der Waals surface area contributed by atoms with Crippen molar-refractivity contribution < 1.29 is 18.8 Å². The van der Waals surface area contributed by atoms with E-state index in [1.807, 2.05) is 13.8 Å². The van der Waals surface area contributed by atoms with Crippen molar-refractivity contribution in [3.05, 3.63) is 118 Å². The van der Waals surface area contributed by atoms with Gasteiger partial charge in [0, 0.05) is 35.6 Å². The van der Waals surface area contributed by atoms with E-state index in [1.165, 1.54) is 41.1 Å². The number of benzene rings is 2. The lowest BCUT2D eigenvalue weighted by Crippen LogP contribution is -2.37. The van der Waals surface area contributed by atoms with Crippen molar-refractivity contribution in [3.8, 4) is 11.3 Å². The number of aromatic nitrogens is 2. The van der Waals surface area contributed by atoms with Gasteiger partial charge in [-0.1, -0.05) is 26.0 Å². The Morgan fingerprint density at radius 1 is 0.907 bits per heavy atom. The van der Waals surface area contributed by atoms with E-state index in [4.69, 9.17) is 0 Å². The minimum atomic E-state index is -0.535. The van der Waals surface area contributed by atoms with Gasteiger partial charge in [0.25, 0.3) is 11.5 Å². The van der Waals surface area contributed by atoms with E-state index in [0.717, 1.165) is 0 Å². The first-order valence-corrected chi connectivity index (χ1v) is 13.9. The summed E-state index contributed by atoms with van der Waals surface area (Å²) in [7, 11) is 1.64. The van der Waals surface area contributed by atoms with Crippen LogP contribution in [0, 0.1) is 11.7 Å². The van der Waals surface area contributed by atoms with E-state index in [0.29, 0.717) is 34.5 Å². The second-order valence-corrected chi connectivity index (χ2v) is 10.6. The number of amides is 2. The van der Waals surface area contributed by atoms with Crippen LogP contribution in [0.2, 0.25) is 0 Å². The Morgan fingerprint density at radius 2 is 1.65 bits per heavy atom. The second kappa shape index (κ2) is 13.8. The summed E-state index contributed by atoms with van der Waals surface area (Å²) in [5, 5.41) is 8.42. The summed E-state index contributed by atoms with van der Waals surface area (Å²) in [5.74, 6) is -1.12. The van der Waals surface area contributed by atoms with E-state index in [9.17, 15) is 23.6 Å². The maximum atomic E-state index is 13.8. The summed E-state index contributed by atoms with van der Waals surface area (Å²) < 4.78 is 14.8. The first-order chi connectivity index (χ1) is 20.6. The predicted molar refractivity (Wildman–Crippen MR) is 164 cm³/mol. The monoisotopic (exact) mass is 583 g/mol. The van der Waals surface area contributed by atoms with Crippen molar-refractivity contribution in [2.75, 3.05) is 18.9 Å². The van der Waals surface area contributed by atoms with Gasteiger partial charge in [-0.2, -0.15) is 0 Å². The van der Waals surface area contributed by atoms with Crippen LogP contribution < -0.4 is 21.5 Å². The number of ketones is 1. The number of hydrogen-bond acceptors (Lipinski definition) is 6. The highest BCUT2D eigenvalue weighted by Crippen LogP contribution is 2.23. The number of likely N-dealkylation sites (N-methyl/N-ethyl adjacent to an activating group) is 1. The third-order valence-electron chi connectivity index (χ3n) is 6.85. The van der Waals surface area contributed by atoms with Gasteiger partial charge < -0.3 is 20.5 Å². The van der Waals surface area contributed by atoms with Crippen molar-refractivity contribution in [1.82, 2.24) is 20.2 Å². The van der Waals surface area contributed by atoms with Gasteiger partial charge >= 0.3 is 0 Å². The first-order valence-electron chi connectivity index (χ1n) is 13.9.